The highest BCUT2D eigenvalue weighted by Crippen LogP contribution is 2.45. The molecule has 0 radical (unpaired) electrons. The molecule has 1 aromatic rings. The van der Waals surface area contributed by atoms with Crippen molar-refractivity contribution in [1.82, 2.24) is 5.32 Å². The highest BCUT2D eigenvalue weighted by atomic mass is 14.9. The number of fused-ring (bicyclic) bond motifs is 1. The van der Waals surface area contributed by atoms with Gasteiger partial charge in [0.1, 0.15) is 0 Å². The first-order chi connectivity index (χ1) is 7.89. The summed E-state index contributed by atoms with van der Waals surface area (Å²) in [7, 11) is 0. The molecule has 1 saturated heterocycles. The summed E-state index contributed by atoms with van der Waals surface area (Å²) in [5, 5.41) is 3.63. The third-order valence-electron chi connectivity index (χ3n) is 4.61. The van der Waals surface area contributed by atoms with Crippen molar-refractivity contribution in [1.29, 1.82) is 0 Å². The largest absolute Gasteiger partial charge is 0.316 e. The van der Waals surface area contributed by atoms with E-state index < -0.39 is 0 Å². The molecule has 2 fully saturated rings. The van der Waals surface area contributed by atoms with E-state index in [0.29, 0.717) is 5.41 Å². The lowest BCUT2D eigenvalue weighted by atomic mass is 9.65. The minimum atomic E-state index is 0.583. The minimum absolute atomic E-state index is 0.583. The SMILES string of the molecule is c1ccc(CC23CCCCC2CNC3)cc1. The normalized spacial score (nSPS) is 33.6. The molecule has 0 aromatic heterocycles. The van der Waals surface area contributed by atoms with Crippen molar-refractivity contribution in [3.63, 3.8) is 0 Å². The molecule has 1 aliphatic heterocycles. The molecule has 0 spiro atoms. The van der Waals surface area contributed by atoms with Gasteiger partial charge in [-0.15, -0.1) is 0 Å². The molecule has 3 rings (SSSR count). The van der Waals surface area contributed by atoms with Crippen molar-refractivity contribution in [2.45, 2.75) is 32.1 Å². The predicted octanol–water partition coefficient (Wildman–Crippen LogP) is 3.01. The second kappa shape index (κ2) is 4.21. The Morgan fingerprint density at radius 3 is 2.94 bits per heavy atom. The molecule has 1 aromatic carbocycles. The van der Waals surface area contributed by atoms with E-state index in [4.69, 9.17) is 0 Å². The van der Waals surface area contributed by atoms with Crippen LogP contribution in [-0.4, -0.2) is 13.1 Å². The average Bonchev–Trinajstić information content (AvgIpc) is 2.73. The standard InChI is InChI=1S/C15H21N/c1-2-6-13(7-3-1)10-15-9-5-4-8-14(15)11-16-12-15/h1-3,6-7,14,16H,4-5,8-12H2. The van der Waals surface area contributed by atoms with Crippen LogP contribution >= 0.6 is 0 Å². The number of benzene rings is 1. The molecule has 2 atom stereocenters. The Bertz CT molecular complexity index is 346. The van der Waals surface area contributed by atoms with Gasteiger partial charge in [-0.3, -0.25) is 0 Å². The summed E-state index contributed by atoms with van der Waals surface area (Å²) < 4.78 is 0. The predicted molar refractivity (Wildman–Crippen MR) is 67.4 cm³/mol. The molecular formula is C15H21N. The van der Waals surface area contributed by atoms with Crippen molar-refractivity contribution in [2.75, 3.05) is 13.1 Å². The summed E-state index contributed by atoms with van der Waals surface area (Å²) in [5.74, 6) is 0.932. The van der Waals surface area contributed by atoms with Gasteiger partial charge < -0.3 is 5.32 Å². The van der Waals surface area contributed by atoms with Crippen molar-refractivity contribution < 1.29 is 0 Å². The first kappa shape index (κ1) is 10.3. The fourth-order valence-electron chi connectivity index (χ4n) is 3.72. The van der Waals surface area contributed by atoms with E-state index in [9.17, 15) is 0 Å². The molecule has 1 N–H and O–H groups in total. The summed E-state index contributed by atoms with van der Waals surface area (Å²) in [6.07, 6.45) is 7.04. The summed E-state index contributed by atoms with van der Waals surface area (Å²) in [6, 6.07) is 11.0. The van der Waals surface area contributed by atoms with Gasteiger partial charge in [0.25, 0.3) is 0 Å². The zero-order chi connectivity index (χ0) is 10.8. The molecule has 86 valence electrons. The molecule has 0 amide bonds. The number of hydrogen-bond acceptors (Lipinski definition) is 1. The summed E-state index contributed by atoms with van der Waals surface area (Å²) in [5.41, 5.74) is 2.11. The third kappa shape index (κ3) is 1.78. The fourth-order valence-corrected chi connectivity index (χ4v) is 3.72. The summed E-state index contributed by atoms with van der Waals surface area (Å²) in [4.78, 5) is 0. The van der Waals surface area contributed by atoms with Crippen LogP contribution in [0.4, 0.5) is 0 Å². The van der Waals surface area contributed by atoms with Gasteiger partial charge in [0, 0.05) is 6.54 Å². The minimum Gasteiger partial charge on any atom is -0.316 e. The smallest absolute Gasteiger partial charge is 0.00143 e. The number of hydrogen-bond donors (Lipinski definition) is 1. The molecule has 16 heavy (non-hydrogen) atoms. The van der Waals surface area contributed by atoms with Gasteiger partial charge in [-0.05, 0) is 42.7 Å². The van der Waals surface area contributed by atoms with Crippen molar-refractivity contribution >= 4 is 0 Å². The van der Waals surface area contributed by atoms with Crippen LogP contribution in [0.3, 0.4) is 0 Å². The Morgan fingerprint density at radius 1 is 1.19 bits per heavy atom. The topological polar surface area (TPSA) is 12.0 Å². The zero-order valence-electron chi connectivity index (χ0n) is 9.91. The molecule has 1 nitrogen and oxygen atoms in total. The molecule has 1 aliphatic carbocycles. The number of rotatable bonds is 2. The van der Waals surface area contributed by atoms with Crippen LogP contribution in [0.2, 0.25) is 0 Å². The van der Waals surface area contributed by atoms with E-state index in [2.05, 4.69) is 35.6 Å². The van der Waals surface area contributed by atoms with Crippen LogP contribution in [0, 0.1) is 11.3 Å². The maximum absolute atomic E-state index is 3.63. The Morgan fingerprint density at radius 2 is 2.06 bits per heavy atom. The van der Waals surface area contributed by atoms with Crippen molar-refractivity contribution in [2.24, 2.45) is 11.3 Å². The van der Waals surface area contributed by atoms with Gasteiger partial charge >= 0.3 is 0 Å². The van der Waals surface area contributed by atoms with E-state index in [1.165, 1.54) is 50.8 Å². The second-order valence-corrected chi connectivity index (χ2v) is 5.60. The Kier molecular flexibility index (Phi) is 2.72. The average molecular weight is 215 g/mol. The van der Waals surface area contributed by atoms with E-state index in [-0.39, 0.29) is 0 Å². The molecule has 0 bridgehead atoms. The second-order valence-electron chi connectivity index (χ2n) is 5.60. The quantitative estimate of drug-likeness (QED) is 0.799. The highest BCUT2D eigenvalue weighted by molar-refractivity contribution is 5.18. The summed E-state index contributed by atoms with van der Waals surface area (Å²) in [6.45, 7) is 2.50. The maximum atomic E-state index is 3.63. The monoisotopic (exact) mass is 215 g/mol. The molecular weight excluding hydrogens is 194 g/mol. The van der Waals surface area contributed by atoms with Gasteiger partial charge in [-0.2, -0.15) is 0 Å². The first-order valence-corrected chi connectivity index (χ1v) is 6.64. The van der Waals surface area contributed by atoms with E-state index in [0.717, 1.165) is 5.92 Å². The van der Waals surface area contributed by atoms with Gasteiger partial charge in [-0.1, -0.05) is 43.2 Å². The lowest BCUT2D eigenvalue weighted by Gasteiger charge is -2.39. The van der Waals surface area contributed by atoms with Gasteiger partial charge in [0.15, 0.2) is 0 Å². The van der Waals surface area contributed by atoms with Crippen molar-refractivity contribution in [3.8, 4) is 0 Å². The van der Waals surface area contributed by atoms with Gasteiger partial charge in [0.2, 0.25) is 0 Å². The number of nitrogens with one attached hydrogen (secondary N) is 1. The molecule has 2 aliphatic rings. The van der Waals surface area contributed by atoms with E-state index >= 15 is 0 Å². The van der Waals surface area contributed by atoms with Crippen molar-refractivity contribution in [3.05, 3.63) is 35.9 Å². The Hall–Kier alpha value is -0.820. The van der Waals surface area contributed by atoms with Gasteiger partial charge in [-0.25, -0.2) is 0 Å². The van der Waals surface area contributed by atoms with Crippen LogP contribution in [-0.2, 0) is 6.42 Å². The lowest BCUT2D eigenvalue weighted by Crippen LogP contribution is -2.35. The van der Waals surface area contributed by atoms with Crippen LogP contribution in [0.1, 0.15) is 31.2 Å². The van der Waals surface area contributed by atoms with Gasteiger partial charge in [0.05, 0.1) is 0 Å². The zero-order valence-corrected chi connectivity index (χ0v) is 9.91. The van der Waals surface area contributed by atoms with Crippen LogP contribution in [0.5, 0.6) is 0 Å². The first-order valence-electron chi connectivity index (χ1n) is 6.64. The summed E-state index contributed by atoms with van der Waals surface area (Å²) >= 11 is 0. The van der Waals surface area contributed by atoms with Crippen LogP contribution in [0.15, 0.2) is 30.3 Å². The molecule has 1 heteroatoms. The molecule has 2 unspecified atom stereocenters. The molecule has 1 heterocycles. The fraction of sp³-hybridized carbons (Fsp3) is 0.600. The maximum Gasteiger partial charge on any atom is 0.00143 e. The van der Waals surface area contributed by atoms with E-state index in [1.807, 2.05) is 0 Å². The lowest BCUT2D eigenvalue weighted by molar-refractivity contribution is 0.149. The Labute approximate surface area is 98.3 Å². The van der Waals surface area contributed by atoms with Crippen LogP contribution in [0.25, 0.3) is 0 Å². The molecule has 1 saturated carbocycles. The Balaban J connectivity index is 1.81. The van der Waals surface area contributed by atoms with E-state index in [1.54, 1.807) is 0 Å². The third-order valence-corrected chi connectivity index (χ3v) is 4.61. The van der Waals surface area contributed by atoms with Crippen LogP contribution < -0.4 is 5.32 Å². The highest BCUT2D eigenvalue weighted by Gasteiger charge is 2.43.